The molecule has 0 N–H and O–H groups in total. The van der Waals surface area contributed by atoms with Crippen molar-refractivity contribution in [2.45, 2.75) is 77.0 Å². The van der Waals surface area contributed by atoms with Crippen LogP contribution in [0.3, 0.4) is 0 Å². The van der Waals surface area contributed by atoms with Gasteiger partial charge >= 0.3 is 0 Å². The molecule has 0 atom stereocenters. The average molecular weight is 429 g/mol. The Morgan fingerprint density at radius 1 is 0.742 bits per heavy atom. The highest BCUT2D eigenvalue weighted by atomic mass is 19.2. The lowest BCUT2D eigenvalue weighted by Crippen LogP contribution is -2.25. The molecule has 2 aromatic carbocycles. The maximum absolute atomic E-state index is 15.4. The first-order valence-electron chi connectivity index (χ1n) is 12.0. The Kier molecular flexibility index (Phi) is 5.75. The molecule has 2 saturated carbocycles. The molecule has 0 spiro atoms. The molecule has 0 saturated heterocycles. The molecule has 31 heavy (non-hydrogen) atoms. The van der Waals surface area contributed by atoms with Crippen molar-refractivity contribution in [3.8, 4) is 0 Å². The monoisotopic (exact) mass is 428 g/mol. The Morgan fingerprint density at radius 2 is 1.32 bits per heavy atom. The number of rotatable bonds is 4. The number of halogens is 3. The van der Waals surface area contributed by atoms with Crippen LogP contribution in [0.1, 0.15) is 82.6 Å². The van der Waals surface area contributed by atoms with Gasteiger partial charge in [-0.25, -0.2) is 8.78 Å². The van der Waals surface area contributed by atoms with Gasteiger partial charge in [-0.05, 0) is 86.0 Å². The van der Waals surface area contributed by atoms with Gasteiger partial charge in [0.05, 0.1) is 0 Å². The molecule has 2 fully saturated rings. The first-order valence-corrected chi connectivity index (χ1v) is 12.0. The summed E-state index contributed by atoms with van der Waals surface area (Å²) >= 11 is 0. The van der Waals surface area contributed by atoms with E-state index in [1.807, 2.05) is 6.07 Å². The summed E-state index contributed by atoms with van der Waals surface area (Å²) in [5.41, 5.74) is 0.513. The van der Waals surface area contributed by atoms with E-state index in [2.05, 4.69) is 6.92 Å². The molecule has 1 heterocycles. The van der Waals surface area contributed by atoms with Gasteiger partial charge in [0.25, 0.3) is 0 Å². The molecule has 0 aliphatic heterocycles. The number of furan rings is 1. The Labute approximate surface area is 182 Å². The van der Waals surface area contributed by atoms with E-state index in [1.54, 1.807) is 6.07 Å². The summed E-state index contributed by atoms with van der Waals surface area (Å²) in [4.78, 5) is 0. The van der Waals surface area contributed by atoms with Crippen molar-refractivity contribution in [1.29, 1.82) is 0 Å². The van der Waals surface area contributed by atoms with E-state index in [1.165, 1.54) is 44.6 Å². The fraction of sp³-hybridized carbons (Fsp3) is 0.556. The van der Waals surface area contributed by atoms with Crippen molar-refractivity contribution in [3.05, 3.63) is 47.3 Å². The second-order valence-corrected chi connectivity index (χ2v) is 9.87. The van der Waals surface area contributed by atoms with E-state index in [0.29, 0.717) is 16.3 Å². The van der Waals surface area contributed by atoms with E-state index in [9.17, 15) is 8.78 Å². The number of fused-ring (bicyclic) bond motifs is 3. The maximum atomic E-state index is 15.4. The largest absolute Gasteiger partial charge is 0.450 e. The quantitative estimate of drug-likeness (QED) is 0.404. The van der Waals surface area contributed by atoms with Crippen molar-refractivity contribution in [3.63, 3.8) is 0 Å². The van der Waals surface area contributed by atoms with Gasteiger partial charge < -0.3 is 4.42 Å². The molecule has 0 bridgehead atoms. The zero-order chi connectivity index (χ0) is 21.5. The van der Waals surface area contributed by atoms with E-state index in [0.717, 1.165) is 49.5 Å². The first-order chi connectivity index (χ1) is 15.1. The summed E-state index contributed by atoms with van der Waals surface area (Å²) in [6, 6.07) is 6.15. The van der Waals surface area contributed by atoms with Crippen LogP contribution in [0.15, 0.2) is 28.7 Å². The minimum Gasteiger partial charge on any atom is -0.450 e. The van der Waals surface area contributed by atoms with Crippen LogP contribution < -0.4 is 0 Å². The molecule has 0 amide bonds. The normalized spacial score (nSPS) is 27.2. The lowest BCUT2D eigenvalue weighted by atomic mass is 9.68. The van der Waals surface area contributed by atoms with E-state index >= 15 is 4.39 Å². The van der Waals surface area contributed by atoms with Crippen molar-refractivity contribution in [1.82, 2.24) is 0 Å². The van der Waals surface area contributed by atoms with Crippen LogP contribution in [-0.2, 0) is 0 Å². The summed E-state index contributed by atoms with van der Waals surface area (Å²) in [5, 5.41) is 0.925. The molecule has 5 rings (SSSR count). The lowest BCUT2D eigenvalue weighted by Gasteiger charge is -2.38. The number of benzene rings is 2. The second-order valence-electron chi connectivity index (χ2n) is 9.87. The Balaban J connectivity index is 1.31. The average Bonchev–Trinajstić information content (AvgIpc) is 3.18. The molecular weight excluding hydrogens is 397 g/mol. The van der Waals surface area contributed by atoms with E-state index in [-0.39, 0.29) is 17.1 Å². The van der Waals surface area contributed by atoms with Gasteiger partial charge in [0.15, 0.2) is 22.8 Å². The third-order valence-electron chi connectivity index (χ3n) is 8.14. The van der Waals surface area contributed by atoms with Gasteiger partial charge in [0.1, 0.15) is 0 Å². The molecule has 3 aromatic rings. The van der Waals surface area contributed by atoms with Crippen LogP contribution in [0, 0.1) is 35.2 Å². The predicted octanol–water partition coefficient (Wildman–Crippen LogP) is 8.88. The van der Waals surface area contributed by atoms with Crippen molar-refractivity contribution in [2.24, 2.45) is 17.8 Å². The summed E-state index contributed by atoms with van der Waals surface area (Å²) in [6.07, 6.45) is 12.5. The predicted molar refractivity (Wildman–Crippen MR) is 119 cm³/mol. The Bertz CT molecular complexity index is 1070. The second kappa shape index (κ2) is 8.52. The van der Waals surface area contributed by atoms with Crippen molar-refractivity contribution < 1.29 is 17.6 Å². The summed E-state index contributed by atoms with van der Waals surface area (Å²) in [7, 11) is 0. The molecule has 0 unspecified atom stereocenters. The summed E-state index contributed by atoms with van der Waals surface area (Å²) in [5.74, 6) is 0.283. The smallest absolute Gasteiger partial charge is 0.201 e. The van der Waals surface area contributed by atoms with Gasteiger partial charge in [-0.15, -0.1) is 0 Å². The molecular formula is C27H31F3O. The fourth-order valence-corrected chi connectivity index (χ4v) is 6.40. The lowest BCUT2D eigenvalue weighted by molar-refractivity contribution is 0.156. The highest BCUT2D eigenvalue weighted by Crippen LogP contribution is 2.46. The van der Waals surface area contributed by atoms with Crippen LogP contribution in [-0.4, -0.2) is 0 Å². The SMILES string of the molecule is CCCC1CCC(C2CCC(c3ccc4c(oc5c(F)c(F)ccc54)c3F)CC2)CC1. The minimum absolute atomic E-state index is 0.0494. The topological polar surface area (TPSA) is 13.1 Å². The van der Waals surface area contributed by atoms with Gasteiger partial charge in [-0.2, -0.15) is 4.39 Å². The molecule has 1 nitrogen and oxygen atoms in total. The highest BCUT2D eigenvalue weighted by Gasteiger charge is 2.32. The van der Waals surface area contributed by atoms with Gasteiger partial charge in [0.2, 0.25) is 5.82 Å². The molecule has 4 heteroatoms. The standard InChI is InChI=1S/C27H31F3O/c1-2-3-16-4-6-17(7-5-16)18-8-10-19(11-9-18)20-12-13-21-22-14-15-23(28)25(30)27(22)31-26(21)24(20)29/h12-19H,2-11H2,1H3. The summed E-state index contributed by atoms with van der Waals surface area (Å²) < 4.78 is 48.6. The zero-order valence-electron chi connectivity index (χ0n) is 18.2. The number of hydrogen-bond donors (Lipinski definition) is 0. The minimum atomic E-state index is -1.05. The molecule has 0 radical (unpaired) electrons. The van der Waals surface area contributed by atoms with E-state index < -0.39 is 17.5 Å². The molecule has 1 aromatic heterocycles. The fourth-order valence-electron chi connectivity index (χ4n) is 6.40. The van der Waals surface area contributed by atoms with E-state index in [4.69, 9.17) is 4.42 Å². The Hall–Kier alpha value is -1.97. The molecule has 2 aliphatic rings. The Morgan fingerprint density at radius 3 is 1.97 bits per heavy atom. The first kappa shape index (κ1) is 20.9. The van der Waals surface area contributed by atoms with Crippen LogP contribution in [0.5, 0.6) is 0 Å². The van der Waals surface area contributed by atoms with Crippen LogP contribution >= 0.6 is 0 Å². The van der Waals surface area contributed by atoms with Crippen molar-refractivity contribution >= 4 is 21.9 Å². The molecule has 2 aliphatic carbocycles. The van der Waals surface area contributed by atoms with Gasteiger partial charge in [-0.1, -0.05) is 38.7 Å². The zero-order valence-corrected chi connectivity index (χ0v) is 18.2. The van der Waals surface area contributed by atoms with Crippen molar-refractivity contribution in [2.75, 3.05) is 0 Å². The van der Waals surface area contributed by atoms with Crippen LogP contribution in [0.25, 0.3) is 21.9 Å². The third-order valence-corrected chi connectivity index (χ3v) is 8.14. The van der Waals surface area contributed by atoms with Crippen LogP contribution in [0.4, 0.5) is 13.2 Å². The number of hydrogen-bond acceptors (Lipinski definition) is 1. The third kappa shape index (κ3) is 3.76. The van der Waals surface area contributed by atoms with Crippen LogP contribution in [0.2, 0.25) is 0 Å². The highest BCUT2D eigenvalue weighted by molar-refractivity contribution is 6.05. The molecule has 166 valence electrons. The summed E-state index contributed by atoms with van der Waals surface area (Å²) in [6.45, 7) is 2.28. The van der Waals surface area contributed by atoms with Gasteiger partial charge in [0, 0.05) is 10.8 Å². The maximum Gasteiger partial charge on any atom is 0.201 e. The van der Waals surface area contributed by atoms with Gasteiger partial charge in [-0.3, -0.25) is 0 Å².